The summed E-state index contributed by atoms with van der Waals surface area (Å²) in [5.74, 6) is 0.106. The lowest BCUT2D eigenvalue weighted by molar-refractivity contribution is 0.110. The SMILES string of the molecule is COCCN(CCOC)Cc1ccccc1C(=N)N. The Morgan fingerprint density at radius 2 is 1.74 bits per heavy atom. The monoisotopic (exact) mass is 265 g/mol. The molecule has 1 aromatic carbocycles. The van der Waals surface area contributed by atoms with Gasteiger partial charge in [-0.2, -0.15) is 0 Å². The molecule has 1 aromatic rings. The van der Waals surface area contributed by atoms with Crippen LogP contribution in [-0.4, -0.2) is 51.3 Å². The van der Waals surface area contributed by atoms with E-state index in [0.717, 1.165) is 30.8 Å². The summed E-state index contributed by atoms with van der Waals surface area (Å²) in [7, 11) is 3.38. The van der Waals surface area contributed by atoms with E-state index in [0.29, 0.717) is 13.2 Å². The van der Waals surface area contributed by atoms with E-state index in [4.69, 9.17) is 20.6 Å². The van der Waals surface area contributed by atoms with E-state index in [1.54, 1.807) is 14.2 Å². The van der Waals surface area contributed by atoms with Gasteiger partial charge >= 0.3 is 0 Å². The smallest absolute Gasteiger partial charge is 0.123 e. The van der Waals surface area contributed by atoms with Crippen LogP contribution in [0.2, 0.25) is 0 Å². The maximum atomic E-state index is 7.61. The Balaban J connectivity index is 2.74. The Hall–Kier alpha value is -1.43. The average molecular weight is 265 g/mol. The summed E-state index contributed by atoms with van der Waals surface area (Å²) < 4.78 is 10.2. The third kappa shape index (κ3) is 5.38. The van der Waals surface area contributed by atoms with Gasteiger partial charge in [-0.1, -0.05) is 24.3 Å². The predicted octanol–water partition coefficient (Wildman–Crippen LogP) is 1.07. The number of methoxy groups -OCH3 is 2. The van der Waals surface area contributed by atoms with Crippen molar-refractivity contribution in [1.29, 1.82) is 5.41 Å². The standard InChI is InChI=1S/C14H23N3O2/c1-18-9-7-17(8-10-19-2)11-12-5-3-4-6-13(12)14(15)16/h3-6H,7-11H2,1-2H3,(H3,15,16). The molecule has 0 amide bonds. The second-order valence-electron chi connectivity index (χ2n) is 4.33. The van der Waals surface area contributed by atoms with Crippen LogP contribution < -0.4 is 5.73 Å². The Kier molecular flexibility index (Phi) is 7.10. The molecule has 0 aliphatic carbocycles. The maximum Gasteiger partial charge on any atom is 0.123 e. The van der Waals surface area contributed by atoms with Gasteiger partial charge in [-0.05, 0) is 5.56 Å². The highest BCUT2D eigenvalue weighted by Crippen LogP contribution is 2.11. The molecular weight excluding hydrogens is 242 g/mol. The molecule has 0 radical (unpaired) electrons. The Bertz CT molecular complexity index is 388. The van der Waals surface area contributed by atoms with Crippen molar-refractivity contribution >= 4 is 5.84 Å². The molecule has 19 heavy (non-hydrogen) atoms. The van der Waals surface area contributed by atoms with Crippen LogP contribution in [0.4, 0.5) is 0 Å². The lowest BCUT2D eigenvalue weighted by Crippen LogP contribution is -2.31. The van der Waals surface area contributed by atoms with Gasteiger partial charge in [-0.3, -0.25) is 10.3 Å². The first-order chi connectivity index (χ1) is 9.19. The van der Waals surface area contributed by atoms with Gasteiger partial charge in [-0.25, -0.2) is 0 Å². The van der Waals surface area contributed by atoms with Crippen molar-refractivity contribution in [3.05, 3.63) is 35.4 Å². The first-order valence-corrected chi connectivity index (χ1v) is 6.31. The number of nitrogens with zero attached hydrogens (tertiary/aromatic N) is 1. The summed E-state index contributed by atoms with van der Waals surface area (Å²) in [5, 5.41) is 7.61. The van der Waals surface area contributed by atoms with Gasteiger partial charge in [0.25, 0.3) is 0 Å². The molecule has 0 atom stereocenters. The van der Waals surface area contributed by atoms with Gasteiger partial charge in [0.05, 0.1) is 13.2 Å². The lowest BCUT2D eigenvalue weighted by atomic mass is 10.1. The van der Waals surface area contributed by atoms with Crippen molar-refractivity contribution in [1.82, 2.24) is 4.90 Å². The molecule has 0 heterocycles. The molecule has 0 saturated heterocycles. The fourth-order valence-electron chi connectivity index (χ4n) is 1.87. The number of rotatable bonds is 9. The Morgan fingerprint density at radius 3 is 2.26 bits per heavy atom. The second kappa shape index (κ2) is 8.63. The minimum atomic E-state index is 0.106. The molecule has 0 bridgehead atoms. The molecule has 0 aliphatic heterocycles. The predicted molar refractivity (Wildman–Crippen MR) is 76.5 cm³/mol. The number of nitrogen functional groups attached to an aromatic ring is 1. The van der Waals surface area contributed by atoms with Crippen molar-refractivity contribution in [2.45, 2.75) is 6.54 Å². The van der Waals surface area contributed by atoms with Gasteiger partial charge in [0.2, 0.25) is 0 Å². The minimum absolute atomic E-state index is 0.106. The third-order valence-electron chi connectivity index (χ3n) is 2.92. The Labute approximate surface area is 114 Å². The molecule has 1 rings (SSSR count). The third-order valence-corrected chi connectivity index (χ3v) is 2.92. The van der Waals surface area contributed by atoms with E-state index in [1.165, 1.54) is 0 Å². The number of hydrogen-bond donors (Lipinski definition) is 2. The van der Waals surface area contributed by atoms with E-state index in [1.807, 2.05) is 24.3 Å². The van der Waals surface area contributed by atoms with Crippen molar-refractivity contribution in [2.24, 2.45) is 5.73 Å². The molecule has 106 valence electrons. The summed E-state index contributed by atoms with van der Waals surface area (Å²) in [6, 6.07) is 7.74. The van der Waals surface area contributed by atoms with E-state index in [-0.39, 0.29) is 5.84 Å². The molecule has 5 heteroatoms. The summed E-state index contributed by atoms with van der Waals surface area (Å²) >= 11 is 0. The number of nitrogens with one attached hydrogen (secondary N) is 1. The zero-order chi connectivity index (χ0) is 14.1. The normalized spacial score (nSPS) is 10.9. The Morgan fingerprint density at radius 1 is 1.16 bits per heavy atom. The highest BCUT2D eigenvalue weighted by molar-refractivity contribution is 5.96. The van der Waals surface area contributed by atoms with Gasteiger partial charge in [0.15, 0.2) is 0 Å². The molecular formula is C14H23N3O2. The minimum Gasteiger partial charge on any atom is -0.384 e. The van der Waals surface area contributed by atoms with Crippen LogP contribution in [0.3, 0.4) is 0 Å². The molecule has 5 nitrogen and oxygen atoms in total. The van der Waals surface area contributed by atoms with Crippen molar-refractivity contribution in [2.75, 3.05) is 40.5 Å². The van der Waals surface area contributed by atoms with Crippen LogP contribution in [-0.2, 0) is 16.0 Å². The largest absolute Gasteiger partial charge is 0.384 e. The lowest BCUT2D eigenvalue weighted by Gasteiger charge is -2.22. The van der Waals surface area contributed by atoms with Gasteiger partial charge in [0.1, 0.15) is 5.84 Å². The van der Waals surface area contributed by atoms with Gasteiger partial charge in [-0.15, -0.1) is 0 Å². The van der Waals surface area contributed by atoms with E-state index in [2.05, 4.69) is 4.90 Å². The van der Waals surface area contributed by atoms with Crippen molar-refractivity contribution in [3.8, 4) is 0 Å². The molecule has 0 spiro atoms. The van der Waals surface area contributed by atoms with E-state index < -0.39 is 0 Å². The number of nitrogens with two attached hydrogens (primary N) is 1. The topological polar surface area (TPSA) is 71.6 Å². The summed E-state index contributed by atoms with van der Waals surface area (Å²) in [5.41, 5.74) is 7.46. The fraction of sp³-hybridized carbons (Fsp3) is 0.500. The first-order valence-electron chi connectivity index (χ1n) is 6.31. The van der Waals surface area contributed by atoms with Crippen LogP contribution in [0.15, 0.2) is 24.3 Å². The molecule has 3 N–H and O–H groups in total. The maximum absolute atomic E-state index is 7.61. The summed E-state index contributed by atoms with van der Waals surface area (Å²) in [6.07, 6.45) is 0. The van der Waals surface area contributed by atoms with E-state index >= 15 is 0 Å². The number of hydrogen-bond acceptors (Lipinski definition) is 4. The fourth-order valence-corrected chi connectivity index (χ4v) is 1.87. The summed E-state index contributed by atoms with van der Waals surface area (Å²) in [4.78, 5) is 2.23. The molecule has 0 unspecified atom stereocenters. The van der Waals surface area contributed by atoms with Gasteiger partial charge < -0.3 is 15.2 Å². The average Bonchev–Trinajstić information content (AvgIpc) is 2.42. The molecule has 0 fully saturated rings. The summed E-state index contributed by atoms with van der Waals surface area (Å²) in [6.45, 7) is 3.73. The highest BCUT2D eigenvalue weighted by Gasteiger charge is 2.10. The quantitative estimate of drug-likeness (QED) is 0.517. The number of benzene rings is 1. The van der Waals surface area contributed by atoms with Crippen LogP contribution in [0.5, 0.6) is 0 Å². The molecule has 0 aromatic heterocycles. The molecule has 0 aliphatic rings. The molecule has 0 saturated carbocycles. The zero-order valence-electron chi connectivity index (χ0n) is 11.7. The van der Waals surface area contributed by atoms with Crippen molar-refractivity contribution in [3.63, 3.8) is 0 Å². The van der Waals surface area contributed by atoms with Crippen LogP contribution in [0.25, 0.3) is 0 Å². The second-order valence-corrected chi connectivity index (χ2v) is 4.33. The highest BCUT2D eigenvalue weighted by atomic mass is 16.5. The first kappa shape index (κ1) is 15.6. The van der Waals surface area contributed by atoms with Crippen LogP contribution in [0.1, 0.15) is 11.1 Å². The number of amidine groups is 1. The van der Waals surface area contributed by atoms with Gasteiger partial charge in [0, 0.05) is 39.4 Å². The van der Waals surface area contributed by atoms with Crippen molar-refractivity contribution < 1.29 is 9.47 Å². The number of ether oxygens (including phenoxy) is 2. The van der Waals surface area contributed by atoms with E-state index in [9.17, 15) is 0 Å². The zero-order valence-corrected chi connectivity index (χ0v) is 11.7. The van der Waals surface area contributed by atoms with Crippen LogP contribution in [0, 0.1) is 5.41 Å². The van der Waals surface area contributed by atoms with Crippen LogP contribution >= 0.6 is 0 Å².